The molecule has 0 unspecified atom stereocenters. The molecule has 1 amide bonds. The van der Waals surface area contributed by atoms with Crippen molar-refractivity contribution in [3.8, 4) is 34.3 Å². The number of nitrogens with zero attached hydrogens (tertiary/aromatic N) is 1. The first-order chi connectivity index (χ1) is 17.0. The first-order valence-corrected chi connectivity index (χ1v) is 10.9. The van der Waals surface area contributed by atoms with Crippen LogP contribution in [0.5, 0.6) is 5.75 Å². The molecule has 0 fully saturated rings. The molecule has 174 valence electrons. The number of carbonyl (C=O) groups is 2. The molecule has 4 rings (SSSR count). The highest BCUT2D eigenvalue weighted by molar-refractivity contribution is 5.96. The predicted molar refractivity (Wildman–Crippen MR) is 131 cm³/mol. The van der Waals surface area contributed by atoms with Crippen LogP contribution in [0.25, 0.3) is 22.5 Å². The molecule has 1 aromatic heterocycles. The third-order valence-corrected chi connectivity index (χ3v) is 5.08. The van der Waals surface area contributed by atoms with Gasteiger partial charge >= 0.3 is 5.97 Å². The molecule has 1 N–H and O–H groups in total. The van der Waals surface area contributed by atoms with Gasteiger partial charge in [0.25, 0.3) is 5.91 Å². The Kier molecular flexibility index (Phi) is 7.24. The summed E-state index contributed by atoms with van der Waals surface area (Å²) in [5.41, 5.74) is 3.26. The molecular weight excluding hydrogens is 444 g/mol. The summed E-state index contributed by atoms with van der Waals surface area (Å²) in [6, 6.07) is 28.0. The smallest absolute Gasteiger partial charge is 0.344 e. The molecule has 0 aliphatic heterocycles. The second kappa shape index (κ2) is 10.9. The normalized spacial score (nSPS) is 10.3. The first kappa shape index (κ1) is 23.3. The number of aryl methyl sites for hydroxylation is 1. The van der Waals surface area contributed by atoms with Gasteiger partial charge in [0.15, 0.2) is 13.2 Å². The van der Waals surface area contributed by atoms with Gasteiger partial charge in [-0.05, 0) is 30.2 Å². The number of anilines is 1. The molecule has 0 radical (unpaired) electrons. The van der Waals surface area contributed by atoms with E-state index >= 15 is 0 Å². The number of ether oxygens (including phenoxy) is 2. The van der Waals surface area contributed by atoms with E-state index in [1.54, 1.807) is 12.1 Å². The van der Waals surface area contributed by atoms with Crippen molar-refractivity contribution in [1.29, 1.82) is 5.26 Å². The van der Waals surface area contributed by atoms with Crippen molar-refractivity contribution in [1.82, 2.24) is 0 Å². The Balaban J connectivity index is 1.48. The van der Waals surface area contributed by atoms with Crippen LogP contribution in [-0.4, -0.2) is 25.1 Å². The van der Waals surface area contributed by atoms with Gasteiger partial charge in [0, 0.05) is 11.1 Å². The van der Waals surface area contributed by atoms with Gasteiger partial charge in [0.05, 0.1) is 0 Å². The van der Waals surface area contributed by atoms with Crippen LogP contribution in [-0.2, 0) is 14.3 Å². The van der Waals surface area contributed by atoms with E-state index in [2.05, 4.69) is 11.4 Å². The van der Waals surface area contributed by atoms with E-state index in [-0.39, 0.29) is 18.1 Å². The number of furan rings is 1. The first-order valence-electron chi connectivity index (χ1n) is 10.9. The predicted octanol–water partition coefficient (Wildman–Crippen LogP) is 5.35. The number of nitrogens with one attached hydrogen (secondary N) is 1. The van der Waals surface area contributed by atoms with Crippen LogP contribution in [0.15, 0.2) is 89.3 Å². The zero-order valence-corrected chi connectivity index (χ0v) is 19.0. The van der Waals surface area contributed by atoms with Crippen LogP contribution < -0.4 is 10.1 Å². The average molecular weight is 466 g/mol. The van der Waals surface area contributed by atoms with Crippen molar-refractivity contribution in [3.63, 3.8) is 0 Å². The van der Waals surface area contributed by atoms with Crippen molar-refractivity contribution in [2.24, 2.45) is 0 Å². The third kappa shape index (κ3) is 5.75. The number of carbonyl (C=O) groups excluding carboxylic acids is 2. The van der Waals surface area contributed by atoms with Gasteiger partial charge in [0.1, 0.15) is 23.1 Å². The lowest BCUT2D eigenvalue weighted by Crippen LogP contribution is -2.23. The third-order valence-electron chi connectivity index (χ3n) is 5.08. The molecule has 0 spiro atoms. The largest absolute Gasteiger partial charge is 0.482 e. The van der Waals surface area contributed by atoms with Crippen molar-refractivity contribution >= 4 is 17.8 Å². The summed E-state index contributed by atoms with van der Waals surface area (Å²) in [4.78, 5) is 24.5. The molecule has 0 bridgehead atoms. The molecule has 35 heavy (non-hydrogen) atoms. The molecule has 7 heteroatoms. The fourth-order valence-corrected chi connectivity index (χ4v) is 3.50. The van der Waals surface area contributed by atoms with Gasteiger partial charge in [-0.15, -0.1) is 0 Å². The molecule has 0 saturated heterocycles. The van der Waals surface area contributed by atoms with E-state index < -0.39 is 18.5 Å². The summed E-state index contributed by atoms with van der Waals surface area (Å²) >= 11 is 0. The van der Waals surface area contributed by atoms with E-state index in [9.17, 15) is 14.9 Å². The lowest BCUT2D eigenvalue weighted by Gasteiger charge is -2.07. The van der Waals surface area contributed by atoms with E-state index in [1.807, 2.05) is 79.7 Å². The fraction of sp³-hybridized carbons (Fsp3) is 0.107. The number of nitriles is 1. The molecule has 4 aromatic rings. The Morgan fingerprint density at radius 2 is 1.60 bits per heavy atom. The van der Waals surface area contributed by atoms with Crippen LogP contribution in [0.3, 0.4) is 0 Å². The lowest BCUT2D eigenvalue weighted by atomic mass is 9.98. The summed E-state index contributed by atoms with van der Waals surface area (Å²) in [5, 5.41) is 12.4. The van der Waals surface area contributed by atoms with Gasteiger partial charge in [0.2, 0.25) is 5.88 Å². The van der Waals surface area contributed by atoms with E-state index in [0.717, 1.165) is 16.7 Å². The molecular formula is C28H22N2O5. The number of esters is 1. The van der Waals surface area contributed by atoms with Crippen LogP contribution in [0, 0.1) is 18.3 Å². The Bertz CT molecular complexity index is 1370. The van der Waals surface area contributed by atoms with Crippen LogP contribution in [0.1, 0.15) is 11.1 Å². The molecule has 0 atom stereocenters. The van der Waals surface area contributed by atoms with Gasteiger partial charge in [-0.2, -0.15) is 5.26 Å². The Hall–Kier alpha value is -4.83. The number of hydrogen-bond donors (Lipinski definition) is 1. The topological polar surface area (TPSA) is 102 Å². The fourth-order valence-electron chi connectivity index (χ4n) is 3.50. The monoisotopic (exact) mass is 466 g/mol. The highest BCUT2D eigenvalue weighted by Gasteiger charge is 2.24. The summed E-state index contributed by atoms with van der Waals surface area (Å²) in [7, 11) is 0. The maximum absolute atomic E-state index is 12.5. The van der Waals surface area contributed by atoms with Gasteiger partial charge in [-0.3, -0.25) is 10.1 Å². The number of rotatable bonds is 8. The molecule has 0 saturated carbocycles. The minimum atomic E-state index is -0.698. The maximum Gasteiger partial charge on any atom is 0.344 e. The van der Waals surface area contributed by atoms with Crippen molar-refractivity contribution in [2.75, 3.05) is 18.5 Å². The molecule has 0 aliphatic carbocycles. The minimum Gasteiger partial charge on any atom is -0.482 e. The van der Waals surface area contributed by atoms with Gasteiger partial charge < -0.3 is 13.9 Å². The number of hydrogen-bond acceptors (Lipinski definition) is 6. The highest BCUT2D eigenvalue weighted by Crippen LogP contribution is 2.41. The Labute approximate surface area is 202 Å². The Morgan fingerprint density at radius 1 is 0.914 bits per heavy atom. The van der Waals surface area contributed by atoms with Crippen molar-refractivity contribution < 1.29 is 23.5 Å². The van der Waals surface area contributed by atoms with Crippen LogP contribution >= 0.6 is 0 Å². The molecule has 0 aliphatic rings. The van der Waals surface area contributed by atoms with Crippen molar-refractivity contribution in [3.05, 3.63) is 96.1 Å². The summed E-state index contributed by atoms with van der Waals surface area (Å²) in [6.45, 7) is 1.02. The minimum absolute atomic E-state index is 0.0118. The summed E-state index contributed by atoms with van der Waals surface area (Å²) in [6.07, 6.45) is 0. The van der Waals surface area contributed by atoms with Crippen LogP contribution in [0.2, 0.25) is 0 Å². The second-order valence-electron chi connectivity index (χ2n) is 7.67. The second-order valence-corrected chi connectivity index (χ2v) is 7.67. The quantitative estimate of drug-likeness (QED) is 0.351. The highest BCUT2D eigenvalue weighted by atomic mass is 16.6. The molecule has 7 nitrogen and oxygen atoms in total. The molecule has 3 aromatic carbocycles. The van der Waals surface area contributed by atoms with Crippen LogP contribution in [0.4, 0.5) is 5.88 Å². The number of amides is 1. The van der Waals surface area contributed by atoms with Crippen molar-refractivity contribution in [2.45, 2.75) is 6.92 Å². The van der Waals surface area contributed by atoms with E-state index in [1.165, 1.54) is 0 Å². The lowest BCUT2D eigenvalue weighted by molar-refractivity contribution is -0.149. The molecule has 1 heterocycles. The van der Waals surface area contributed by atoms with Gasteiger partial charge in [-0.1, -0.05) is 72.8 Å². The van der Waals surface area contributed by atoms with E-state index in [0.29, 0.717) is 17.1 Å². The zero-order chi connectivity index (χ0) is 24.6. The summed E-state index contributed by atoms with van der Waals surface area (Å²) in [5.74, 6) is -0.369. The Morgan fingerprint density at radius 3 is 2.26 bits per heavy atom. The van der Waals surface area contributed by atoms with Gasteiger partial charge in [-0.25, -0.2) is 4.79 Å². The van der Waals surface area contributed by atoms with E-state index in [4.69, 9.17) is 13.9 Å². The summed E-state index contributed by atoms with van der Waals surface area (Å²) < 4.78 is 16.3. The maximum atomic E-state index is 12.5. The number of benzene rings is 3. The SMILES string of the molecule is Cc1cccc(OCC(=O)OCC(=O)Nc2oc(-c3ccccc3)c(-c3ccccc3)c2C#N)c1. The average Bonchev–Trinajstić information content (AvgIpc) is 3.25. The zero-order valence-electron chi connectivity index (χ0n) is 19.0. The standard InChI is InChI=1S/C28H22N2O5/c1-19-9-8-14-22(15-19)33-18-25(32)34-17-24(31)30-28-23(16-29)26(20-10-4-2-5-11-20)27(35-28)21-12-6-3-7-13-21/h2-15H,17-18H2,1H3,(H,30,31).